The summed E-state index contributed by atoms with van der Waals surface area (Å²) in [7, 11) is 3.80. The Balaban J connectivity index is 2.33. The normalized spacial score (nSPS) is 10.4. The van der Waals surface area contributed by atoms with Crippen molar-refractivity contribution in [3.8, 4) is 6.07 Å². The maximum Gasteiger partial charge on any atom is 0.145 e. The fraction of sp³-hybridized carbons (Fsp3) is 0.385. The first-order chi connectivity index (χ1) is 8.54. The third kappa shape index (κ3) is 1.97. The fourth-order valence-corrected chi connectivity index (χ4v) is 2.12. The van der Waals surface area contributed by atoms with Crippen LogP contribution >= 0.6 is 0 Å². The standard InChI is InChI=1S/C13H16N4O/c1-9-12(7-14)13(17(4)15-9)16(3)8-11-5-6-18-10(11)2/h5-6H,8H2,1-4H3. The van der Waals surface area contributed by atoms with Crippen molar-refractivity contribution in [2.75, 3.05) is 11.9 Å². The summed E-state index contributed by atoms with van der Waals surface area (Å²) < 4.78 is 7.02. The lowest BCUT2D eigenvalue weighted by atomic mass is 10.2. The molecular formula is C13H16N4O. The zero-order valence-electron chi connectivity index (χ0n) is 11.1. The SMILES string of the molecule is Cc1nn(C)c(N(C)Cc2ccoc2C)c1C#N. The van der Waals surface area contributed by atoms with E-state index in [-0.39, 0.29) is 0 Å². The molecule has 94 valence electrons. The maximum absolute atomic E-state index is 9.19. The highest BCUT2D eigenvalue weighted by atomic mass is 16.3. The van der Waals surface area contributed by atoms with E-state index < -0.39 is 0 Å². The molecule has 0 bridgehead atoms. The molecule has 0 saturated heterocycles. The lowest BCUT2D eigenvalue weighted by Gasteiger charge is -2.19. The molecule has 0 spiro atoms. The van der Waals surface area contributed by atoms with Crippen molar-refractivity contribution in [1.82, 2.24) is 9.78 Å². The minimum atomic E-state index is 0.626. The quantitative estimate of drug-likeness (QED) is 0.830. The van der Waals surface area contributed by atoms with Gasteiger partial charge in [0.15, 0.2) is 0 Å². The van der Waals surface area contributed by atoms with Gasteiger partial charge in [-0.1, -0.05) is 0 Å². The second-order valence-electron chi connectivity index (χ2n) is 4.38. The van der Waals surface area contributed by atoms with Gasteiger partial charge in [-0.3, -0.25) is 4.68 Å². The summed E-state index contributed by atoms with van der Waals surface area (Å²) in [6.45, 7) is 4.47. The summed E-state index contributed by atoms with van der Waals surface area (Å²) >= 11 is 0. The monoisotopic (exact) mass is 244 g/mol. The zero-order chi connectivity index (χ0) is 13.3. The fourth-order valence-electron chi connectivity index (χ4n) is 2.12. The Morgan fingerprint density at radius 1 is 1.50 bits per heavy atom. The molecule has 2 heterocycles. The summed E-state index contributed by atoms with van der Waals surface area (Å²) in [6, 6.07) is 4.16. The molecule has 0 aliphatic rings. The number of furan rings is 1. The number of nitriles is 1. The van der Waals surface area contributed by atoms with Gasteiger partial charge in [-0.2, -0.15) is 10.4 Å². The highest BCUT2D eigenvalue weighted by Gasteiger charge is 2.17. The third-order valence-electron chi connectivity index (χ3n) is 3.04. The smallest absolute Gasteiger partial charge is 0.145 e. The number of aromatic nitrogens is 2. The highest BCUT2D eigenvalue weighted by Crippen LogP contribution is 2.23. The van der Waals surface area contributed by atoms with E-state index >= 15 is 0 Å². The Bertz CT molecular complexity index is 603. The van der Waals surface area contributed by atoms with Gasteiger partial charge in [0.2, 0.25) is 0 Å². The van der Waals surface area contributed by atoms with Gasteiger partial charge in [0.1, 0.15) is 23.2 Å². The van der Waals surface area contributed by atoms with Gasteiger partial charge in [0.05, 0.1) is 12.0 Å². The average molecular weight is 244 g/mol. The van der Waals surface area contributed by atoms with Crippen LogP contribution in [-0.4, -0.2) is 16.8 Å². The minimum absolute atomic E-state index is 0.626. The number of hydrogen-bond donors (Lipinski definition) is 0. The molecule has 5 nitrogen and oxygen atoms in total. The van der Waals surface area contributed by atoms with E-state index in [4.69, 9.17) is 4.42 Å². The Morgan fingerprint density at radius 2 is 2.22 bits per heavy atom. The third-order valence-corrected chi connectivity index (χ3v) is 3.04. The lowest BCUT2D eigenvalue weighted by molar-refractivity contribution is 0.529. The molecule has 5 heteroatoms. The van der Waals surface area contributed by atoms with Gasteiger partial charge in [-0.25, -0.2) is 0 Å². The van der Waals surface area contributed by atoms with Crippen LogP contribution in [0.15, 0.2) is 16.7 Å². The van der Waals surface area contributed by atoms with Crippen molar-refractivity contribution in [3.63, 3.8) is 0 Å². The van der Waals surface area contributed by atoms with Crippen molar-refractivity contribution in [2.45, 2.75) is 20.4 Å². The van der Waals surface area contributed by atoms with Crippen molar-refractivity contribution in [2.24, 2.45) is 7.05 Å². The Morgan fingerprint density at radius 3 is 2.78 bits per heavy atom. The van der Waals surface area contributed by atoms with E-state index in [1.165, 1.54) is 0 Å². The van der Waals surface area contributed by atoms with Crippen LogP contribution in [0.1, 0.15) is 22.6 Å². The van der Waals surface area contributed by atoms with E-state index in [1.54, 1.807) is 10.9 Å². The van der Waals surface area contributed by atoms with Gasteiger partial charge < -0.3 is 9.32 Å². The minimum Gasteiger partial charge on any atom is -0.469 e. The van der Waals surface area contributed by atoms with E-state index in [9.17, 15) is 5.26 Å². The lowest BCUT2D eigenvalue weighted by Crippen LogP contribution is -2.20. The molecule has 2 rings (SSSR count). The first-order valence-electron chi connectivity index (χ1n) is 5.72. The molecule has 0 saturated carbocycles. The number of aryl methyl sites for hydroxylation is 3. The van der Waals surface area contributed by atoms with Gasteiger partial charge in [-0.05, 0) is 19.9 Å². The van der Waals surface area contributed by atoms with Crippen LogP contribution in [0.4, 0.5) is 5.82 Å². The predicted octanol–water partition coefficient (Wildman–Crippen LogP) is 2.14. The summed E-state index contributed by atoms with van der Waals surface area (Å²) in [5.74, 6) is 1.73. The summed E-state index contributed by atoms with van der Waals surface area (Å²) in [5.41, 5.74) is 2.49. The molecule has 0 fully saturated rings. The molecule has 0 aliphatic heterocycles. The molecule has 0 N–H and O–H groups in total. The maximum atomic E-state index is 9.19. The van der Waals surface area contributed by atoms with E-state index in [0.29, 0.717) is 12.1 Å². The molecule has 2 aromatic heterocycles. The van der Waals surface area contributed by atoms with E-state index in [1.807, 2.05) is 38.9 Å². The van der Waals surface area contributed by atoms with Gasteiger partial charge in [-0.15, -0.1) is 0 Å². The van der Waals surface area contributed by atoms with Crippen molar-refractivity contribution in [1.29, 1.82) is 5.26 Å². The molecule has 18 heavy (non-hydrogen) atoms. The second-order valence-corrected chi connectivity index (χ2v) is 4.38. The average Bonchev–Trinajstić information content (AvgIpc) is 2.82. The van der Waals surface area contributed by atoms with Crippen molar-refractivity contribution in [3.05, 3.63) is 34.9 Å². The molecule has 0 aliphatic carbocycles. The van der Waals surface area contributed by atoms with Crippen LogP contribution < -0.4 is 4.90 Å². The summed E-state index contributed by atoms with van der Waals surface area (Å²) in [6.07, 6.45) is 1.68. The molecule has 0 radical (unpaired) electrons. The number of rotatable bonds is 3. The zero-order valence-corrected chi connectivity index (χ0v) is 11.1. The Hall–Kier alpha value is -2.22. The molecule has 0 amide bonds. The number of nitrogens with zero attached hydrogens (tertiary/aromatic N) is 4. The van der Waals surface area contributed by atoms with Gasteiger partial charge in [0.25, 0.3) is 0 Å². The second kappa shape index (κ2) is 4.57. The Kier molecular flexibility index (Phi) is 3.11. The molecule has 0 aromatic carbocycles. The molecular weight excluding hydrogens is 228 g/mol. The number of anilines is 1. The first kappa shape index (κ1) is 12.2. The predicted molar refractivity (Wildman–Crippen MR) is 68.2 cm³/mol. The van der Waals surface area contributed by atoms with E-state index in [0.717, 1.165) is 22.8 Å². The molecule has 0 atom stereocenters. The van der Waals surface area contributed by atoms with Crippen LogP contribution in [0.5, 0.6) is 0 Å². The van der Waals surface area contributed by atoms with Crippen LogP contribution in [0, 0.1) is 25.2 Å². The van der Waals surface area contributed by atoms with Gasteiger partial charge in [0, 0.05) is 26.2 Å². The molecule has 2 aromatic rings. The summed E-state index contributed by atoms with van der Waals surface area (Å²) in [4.78, 5) is 2.01. The van der Waals surface area contributed by atoms with Crippen molar-refractivity contribution >= 4 is 5.82 Å². The first-order valence-corrected chi connectivity index (χ1v) is 5.72. The number of hydrogen-bond acceptors (Lipinski definition) is 4. The van der Waals surface area contributed by atoms with Crippen LogP contribution in [0.2, 0.25) is 0 Å². The van der Waals surface area contributed by atoms with Crippen LogP contribution in [0.3, 0.4) is 0 Å². The van der Waals surface area contributed by atoms with Crippen molar-refractivity contribution < 1.29 is 4.42 Å². The topological polar surface area (TPSA) is 58.0 Å². The Labute approximate surface area is 106 Å². The largest absolute Gasteiger partial charge is 0.469 e. The summed E-state index contributed by atoms with van der Waals surface area (Å²) in [5, 5.41) is 13.5. The van der Waals surface area contributed by atoms with E-state index in [2.05, 4.69) is 11.2 Å². The van der Waals surface area contributed by atoms with Gasteiger partial charge >= 0.3 is 0 Å². The van der Waals surface area contributed by atoms with Crippen LogP contribution in [-0.2, 0) is 13.6 Å². The molecule has 0 unspecified atom stereocenters. The highest BCUT2D eigenvalue weighted by molar-refractivity contribution is 5.56. The van der Waals surface area contributed by atoms with Crippen LogP contribution in [0.25, 0.3) is 0 Å².